The molecule has 0 aromatic carbocycles. The van der Waals surface area contributed by atoms with Gasteiger partial charge in [0.05, 0.1) is 6.42 Å². The fraction of sp³-hybridized carbons (Fsp3) is 0.750. The highest BCUT2D eigenvalue weighted by Gasteiger charge is 2.36. The SMILES string of the molecule is CC(C)(C(=O)O)C(=O)NCCC(F)(F)F. The Hall–Kier alpha value is -1.27. The van der Waals surface area contributed by atoms with E-state index in [0.717, 1.165) is 13.8 Å². The number of carboxylic acids is 1. The zero-order valence-corrected chi connectivity index (χ0v) is 8.31. The molecule has 0 unspecified atom stereocenters. The third kappa shape index (κ3) is 4.66. The summed E-state index contributed by atoms with van der Waals surface area (Å²) >= 11 is 0. The van der Waals surface area contributed by atoms with E-state index in [1.165, 1.54) is 0 Å². The Morgan fingerprint density at radius 2 is 1.73 bits per heavy atom. The Bertz CT molecular complexity index is 260. The molecule has 0 aromatic rings. The van der Waals surface area contributed by atoms with Gasteiger partial charge in [0.15, 0.2) is 0 Å². The maximum atomic E-state index is 11.7. The van der Waals surface area contributed by atoms with Gasteiger partial charge in [-0.1, -0.05) is 0 Å². The fourth-order valence-electron chi connectivity index (χ4n) is 0.636. The van der Waals surface area contributed by atoms with Crippen molar-refractivity contribution >= 4 is 11.9 Å². The van der Waals surface area contributed by atoms with Crippen LogP contribution in [0, 0.1) is 5.41 Å². The van der Waals surface area contributed by atoms with Crippen molar-refractivity contribution in [1.29, 1.82) is 0 Å². The molecular weight excluding hydrogens is 215 g/mol. The number of aliphatic carboxylic acids is 1. The number of hydrogen-bond donors (Lipinski definition) is 2. The molecule has 0 saturated carbocycles. The van der Waals surface area contributed by atoms with Crippen LogP contribution in [-0.2, 0) is 9.59 Å². The zero-order chi connectivity index (χ0) is 12.3. The molecule has 7 heteroatoms. The topological polar surface area (TPSA) is 66.4 Å². The lowest BCUT2D eigenvalue weighted by Crippen LogP contribution is -2.43. The number of rotatable bonds is 4. The first-order chi connectivity index (χ1) is 6.57. The van der Waals surface area contributed by atoms with Crippen molar-refractivity contribution in [3.05, 3.63) is 0 Å². The van der Waals surface area contributed by atoms with Crippen molar-refractivity contribution in [2.45, 2.75) is 26.4 Å². The number of carboxylic acid groups (broad SMARTS) is 1. The molecule has 0 fully saturated rings. The largest absolute Gasteiger partial charge is 0.480 e. The standard InChI is InChI=1S/C8H12F3NO3/c1-7(2,6(14)15)5(13)12-4-3-8(9,10)11/h3-4H2,1-2H3,(H,12,13)(H,14,15). The highest BCUT2D eigenvalue weighted by atomic mass is 19.4. The van der Waals surface area contributed by atoms with Gasteiger partial charge in [0.2, 0.25) is 5.91 Å². The number of alkyl halides is 3. The molecule has 4 nitrogen and oxygen atoms in total. The molecule has 0 aliphatic carbocycles. The van der Waals surface area contributed by atoms with E-state index in [2.05, 4.69) is 0 Å². The van der Waals surface area contributed by atoms with Gasteiger partial charge in [-0.15, -0.1) is 0 Å². The smallest absolute Gasteiger partial charge is 0.390 e. The predicted octanol–water partition coefficient (Wildman–Crippen LogP) is 1.17. The van der Waals surface area contributed by atoms with Crippen molar-refractivity contribution in [2.24, 2.45) is 5.41 Å². The summed E-state index contributed by atoms with van der Waals surface area (Å²) in [6, 6.07) is 0. The van der Waals surface area contributed by atoms with Crippen LogP contribution in [0.4, 0.5) is 13.2 Å². The number of halogens is 3. The van der Waals surface area contributed by atoms with Gasteiger partial charge in [0.25, 0.3) is 0 Å². The van der Waals surface area contributed by atoms with Crippen molar-refractivity contribution in [2.75, 3.05) is 6.54 Å². The highest BCUT2D eigenvalue weighted by Crippen LogP contribution is 2.19. The molecule has 15 heavy (non-hydrogen) atoms. The van der Waals surface area contributed by atoms with E-state index < -0.39 is 36.4 Å². The Morgan fingerprint density at radius 1 is 1.27 bits per heavy atom. The van der Waals surface area contributed by atoms with Gasteiger partial charge >= 0.3 is 12.1 Å². The number of carbonyl (C=O) groups is 2. The first-order valence-electron chi connectivity index (χ1n) is 4.16. The van der Waals surface area contributed by atoms with Crippen LogP contribution < -0.4 is 5.32 Å². The molecule has 2 N–H and O–H groups in total. The summed E-state index contributed by atoms with van der Waals surface area (Å²) in [5.41, 5.74) is -1.72. The Labute approximate surface area is 84.5 Å². The van der Waals surface area contributed by atoms with Crippen molar-refractivity contribution in [3.8, 4) is 0 Å². The normalized spacial score (nSPS) is 12.3. The minimum Gasteiger partial charge on any atom is -0.480 e. The van der Waals surface area contributed by atoms with E-state index in [4.69, 9.17) is 5.11 Å². The van der Waals surface area contributed by atoms with Crippen LogP contribution in [-0.4, -0.2) is 29.7 Å². The molecule has 0 bridgehead atoms. The van der Waals surface area contributed by atoms with Crippen LogP contribution in [0.3, 0.4) is 0 Å². The van der Waals surface area contributed by atoms with Gasteiger partial charge in [-0.05, 0) is 13.8 Å². The van der Waals surface area contributed by atoms with Gasteiger partial charge in [-0.3, -0.25) is 9.59 Å². The zero-order valence-electron chi connectivity index (χ0n) is 8.31. The summed E-state index contributed by atoms with van der Waals surface area (Å²) in [7, 11) is 0. The number of hydrogen-bond acceptors (Lipinski definition) is 2. The summed E-state index contributed by atoms with van der Waals surface area (Å²) in [5.74, 6) is -2.31. The van der Waals surface area contributed by atoms with Crippen LogP contribution in [0.15, 0.2) is 0 Å². The molecule has 0 radical (unpaired) electrons. The maximum Gasteiger partial charge on any atom is 0.390 e. The van der Waals surface area contributed by atoms with Gasteiger partial charge < -0.3 is 10.4 Å². The van der Waals surface area contributed by atoms with Gasteiger partial charge in [-0.25, -0.2) is 0 Å². The van der Waals surface area contributed by atoms with Crippen molar-refractivity contribution < 1.29 is 27.9 Å². The quantitative estimate of drug-likeness (QED) is 0.708. The summed E-state index contributed by atoms with van der Waals surface area (Å²) in [5, 5.41) is 10.5. The van der Waals surface area contributed by atoms with Crippen LogP contribution in [0.5, 0.6) is 0 Å². The van der Waals surface area contributed by atoms with Crippen molar-refractivity contribution in [3.63, 3.8) is 0 Å². The lowest BCUT2D eigenvalue weighted by atomic mass is 9.93. The molecule has 0 spiro atoms. The number of amides is 1. The van der Waals surface area contributed by atoms with E-state index in [0.29, 0.717) is 0 Å². The summed E-state index contributed by atoms with van der Waals surface area (Å²) < 4.78 is 35.1. The molecule has 88 valence electrons. The second kappa shape index (κ2) is 4.50. The first-order valence-corrected chi connectivity index (χ1v) is 4.16. The molecule has 0 heterocycles. The lowest BCUT2D eigenvalue weighted by molar-refractivity contribution is -0.153. The average molecular weight is 227 g/mol. The molecule has 0 atom stereocenters. The van der Waals surface area contributed by atoms with E-state index >= 15 is 0 Å². The van der Waals surface area contributed by atoms with Gasteiger partial charge in [0, 0.05) is 6.54 Å². The summed E-state index contributed by atoms with van der Waals surface area (Å²) in [4.78, 5) is 21.7. The summed E-state index contributed by atoms with van der Waals surface area (Å²) in [6.45, 7) is 1.63. The highest BCUT2D eigenvalue weighted by molar-refractivity contribution is 6.00. The van der Waals surface area contributed by atoms with Crippen LogP contribution >= 0.6 is 0 Å². The maximum absolute atomic E-state index is 11.7. The van der Waals surface area contributed by atoms with E-state index in [-0.39, 0.29) is 0 Å². The van der Waals surface area contributed by atoms with E-state index in [1.54, 1.807) is 0 Å². The first kappa shape index (κ1) is 13.7. The molecule has 1 amide bonds. The Balaban J connectivity index is 4.11. The third-order valence-electron chi connectivity index (χ3n) is 1.80. The lowest BCUT2D eigenvalue weighted by Gasteiger charge is -2.18. The Kier molecular flexibility index (Phi) is 4.12. The van der Waals surface area contributed by atoms with E-state index in [9.17, 15) is 22.8 Å². The molecular formula is C8H12F3NO3. The predicted molar refractivity (Wildman–Crippen MR) is 45.1 cm³/mol. The van der Waals surface area contributed by atoms with Crippen LogP contribution in [0.25, 0.3) is 0 Å². The van der Waals surface area contributed by atoms with Gasteiger partial charge in [0.1, 0.15) is 5.41 Å². The monoisotopic (exact) mass is 227 g/mol. The fourth-order valence-corrected chi connectivity index (χ4v) is 0.636. The molecule has 0 rings (SSSR count). The minimum atomic E-state index is -4.36. The van der Waals surface area contributed by atoms with E-state index in [1.807, 2.05) is 5.32 Å². The third-order valence-corrected chi connectivity index (χ3v) is 1.80. The summed E-state index contributed by atoms with van der Waals surface area (Å²) in [6.07, 6.45) is -5.53. The second-order valence-corrected chi connectivity index (χ2v) is 3.55. The minimum absolute atomic E-state index is 0.612. The average Bonchev–Trinajstić information content (AvgIpc) is 2.01. The molecule has 0 aliphatic rings. The number of nitrogens with one attached hydrogen (secondary N) is 1. The second-order valence-electron chi connectivity index (χ2n) is 3.55. The Morgan fingerprint density at radius 3 is 2.07 bits per heavy atom. The van der Waals surface area contributed by atoms with Crippen LogP contribution in [0.1, 0.15) is 20.3 Å². The van der Waals surface area contributed by atoms with Gasteiger partial charge in [-0.2, -0.15) is 13.2 Å². The molecule has 0 aliphatic heterocycles. The molecule has 0 aromatic heterocycles. The van der Waals surface area contributed by atoms with Crippen LogP contribution in [0.2, 0.25) is 0 Å². The van der Waals surface area contributed by atoms with Crippen molar-refractivity contribution in [1.82, 2.24) is 5.32 Å². The number of carbonyl (C=O) groups excluding carboxylic acids is 1. The molecule has 0 saturated heterocycles.